The van der Waals surface area contributed by atoms with Gasteiger partial charge in [0.1, 0.15) is 5.75 Å². The molecule has 128 valence electrons. The topological polar surface area (TPSA) is 94.0 Å². The average molecular weight is 338 g/mol. The van der Waals surface area contributed by atoms with Crippen molar-refractivity contribution in [2.45, 2.75) is 6.54 Å². The zero-order chi connectivity index (χ0) is 17.6. The van der Waals surface area contributed by atoms with E-state index in [1.165, 1.54) is 0 Å². The Bertz CT molecular complexity index is 877. The van der Waals surface area contributed by atoms with E-state index in [9.17, 15) is 4.79 Å². The van der Waals surface area contributed by atoms with E-state index in [-0.39, 0.29) is 6.03 Å². The van der Waals surface area contributed by atoms with Gasteiger partial charge in [0, 0.05) is 30.4 Å². The van der Waals surface area contributed by atoms with Gasteiger partial charge in [-0.3, -0.25) is 0 Å². The normalized spacial score (nSPS) is 10.3. The fourth-order valence-corrected chi connectivity index (χ4v) is 2.41. The standard InChI is InChI=1S/C17H18N6O2/c1-23-16(20-21-22-23)12-7-5-8-14(10-12)19-17(24)18-11-13-6-3-4-9-15(13)25-2/h3-10H,11H2,1-2H3,(H2,18,19,24). The summed E-state index contributed by atoms with van der Waals surface area (Å²) in [7, 11) is 3.36. The number of nitrogens with one attached hydrogen (secondary N) is 2. The van der Waals surface area contributed by atoms with E-state index < -0.39 is 0 Å². The molecule has 0 spiro atoms. The third-order valence-corrected chi connectivity index (χ3v) is 3.63. The van der Waals surface area contributed by atoms with E-state index in [1.807, 2.05) is 42.5 Å². The number of benzene rings is 2. The van der Waals surface area contributed by atoms with E-state index in [0.717, 1.165) is 16.9 Å². The SMILES string of the molecule is COc1ccccc1CNC(=O)Nc1cccc(-c2nnnn2C)c1. The monoisotopic (exact) mass is 338 g/mol. The number of amides is 2. The Kier molecular flexibility index (Phi) is 4.89. The van der Waals surface area contributed by atoms with Crippen LogP contribution in [0.1, 0.15) is 5.56 Å². The van der Waals surface area contributed by atoms with Crippen LogP contribution in [0.2, 0.25) is 0 Å². The molecule has 8 heteroatoms. The molecule has 0 unspecified atom stereocenters. The van der Waals surface area contributed by atoms with Gasteiger partial charge in [0.15, 0.2) is 5.82 Å². The third-order valence-electron chi connectivity index (χ3n) is 3.63. The summed E-state index contributed by atoms with van der Waals surface area (Å²) in [6.45, 7) is 0.364. The van der Waals surface area contributed by atoms with Crippen LogP contribution in [0.15, 0.2) is 48.5 Å². The number of carbonyl (C=O) groups is 1. The Labute approximate surface area is 144 Å². The second-order valence-corrected chi connectivity index (χ2v) is 5.33. The number of methoxy groups -OCH3 is 1. The number of anilines is 1. The summed E-state index contributed by atoms with van der Waals surface area (Å²) in [6.07, 6.45) is 0. The molecule has 2 amide bonds. The van der Waals surface area contributed by atoms with Crippen molar-refractivity contribution in [1.29, 1.82) is 0 Å². The fourth-order valence-electron chi connectivity index (χ4n) is 2.41. The van der Waals surface area contributed by atoms with Crippen molar-refractivity contribution in [2.75, 3.05) is 12.4 Å². The molecule has 3 rings (SSSR count). The molecular weight excluding hydrogens is 320 g/mol. The van der Waals surface area contributed by atoms with Gasteiger partial charge in [-0.2, -0.15) is 0 Å². The number of tetrazole rings is 1. The number of aryl methyl sites for hydroxylation is 1. The maximum atomic E-state index is 12.1. The van der Waals surface area contributed by atoms with Crippen molar-refractivity contribution in [1.82, 2.24) is 25.5 Å². The Morgan fingerprint density at radius 1 is 1.20 bits per heavy atom. The van der Waals surface area contributed by atoms with Crippen molar-refractivity contribution >= 4 is 11.7 Å². The number of urea groups is 1. The molecule has 25 heavy (non-hydrogen) atoms. The molecule has 2 N–H and O–H groups in total. The molecule has 0 saturated heterocycles. The Hall–Kier alpha value is -3.42. The smallest absolute Gasteiger partial charge is 0.319 e. The van der Waals surface area contributed by atoms with Crippen molar-refractivity contribution in [3.8, 4) is 17.1 Å². The van der Waals surface area contributed by atoms with Gasteiger partial charge in [0.25, 0.3) is 0 Å². The Morgan fingerprint density at radius 2 is 2.04 bits per heavy atom. The lowest BCUT2D eigenvalue weighted by Gasteiger charge is -2.11. The van der Waals surface area contributed by atoms with Crippen molar-refractivity contribution in [3.05, 3.63) is 54.1 Å². The van der Waals surface area contributed by atoms with Crippen LogP contribution >= 0.6 is 0 Å². The fraction of sp³-hybridized carbons (Fsp3) is 0.176. The molecule has 0 saturated carbocycles. The molecular formula is C17H18N6O2. The Morgan fingerprint density at radius 3 is 2.80 bits per heavy atom. The number of rotatable bonds is 5. The summed E-state index contributed by atoms with van der Waals surface area (Å²) in [6, 6.07) is 14.6. The molecule has 0 atom stereocenters. The molecule has 1 aromatic heterocycles. The molecule has 8 nitrogen and oxygen atoms in total. The first-order chi connectivity index (χ1) is 12.2. The zero-order valence-electron chi connectivity index (χ0n) is 13.9. The highest BCUT2D eigenvalue weighted by Gasteiger charge is 2.09. The highest BCUT2D eigenvalue weighted by molar-refractivity contribution is 5.89. The molecule has 0 aliphatic carbocycles. The summed E-state index contributed by atoms with van der Waals surface area (Å²) in [5.41, 5.74) is 2.37. The third kappa shape index (κ3) is 3.92. The van der Waals surface area contributed by atoms with Gasteiger partial charge in [-0.25, -0.2) is 9.48 Å². The maximum Gasteiger partial charge on any atom is 0.319 e. The lowest BCUT2D eigenvalue weighted by atomic mass is 10.2. The predicted molar refractivity (Wildman–Crippen MR) is 93.1 cm³/mol. The first-order valence-corrected chi connectivity index (χ1v) is 7.67. The highest BCUT2D eigenvalue weighted by atomic mass is 16.5. The van der Waals surface area contributed by atoms with Gasteiger partial charge in [-0.1, -0.05) is 30.3 Å². The quantitative estimate of drug-likeness (QED) is 0.744. The van der Waals surface area contributed by atoms with Gasteiger partial charge >= 0.3 is 6.03 Å². The molecule has 1 heterocycles. The second kappa shape index (κ2) is 7.43. The first-order valence-electron chi connectivity index (χ1n) is 7.67. The van der Waals surface area contributed by atoms with Gasteiger partial charge in [-0.15, -0.1) is 5.10 Å². The number of aromatic nitrogens is 4. The van der Waals surface area contributed by atoms with E-state index in [4.69, 9.17) is 4.74 Å². The summed E-state index contributed by atoms with van der Waals surface area (Å²) < 4.78 is 6.84. The maximum absolute atomic E-state index is 12.1. The van der Waals surface area contributed by atoms with E-state index in [1.54, 1.807) is 24.9 Å². The largest absolute Gasteiger partial charge is 0.496 e. The summed E-state index contributed by atoms with van der Waals surface area (Å²) >= 11 is 0. The van der Waals surface area contributed by atoms with Crippen LogP contribution in [0, 0.1) is 0 Å². The van der Waals surface area contributed by atoms with Gasteiger partial charge in [-0.05, 0) is 28.6 Å². The van der Waals surface area contributed by atoms with Gasteiger partial charge < -0.3 is 15.4 Å². The van der Waals surface area contributed by atoms with Gasteiger partial charge in [0.05, 0.1) is 7.11 Å². The predicted octanol–water partition coefficient (Wildman–Crippen LogP) is 2.21. The number of hydrogen-bond donors (Lipinski definition) is 2. The van der Waals surface area contributed by atoms with Crippen molar-refractivity contribution in [2.24, 2.45) is 7.05 Å². The number of para-hydroxylation sites is 1. The first kappa shape index (κ1) is 16.4. The van der Waals surface area contributed by atoms with E-state index in [2.05, 4.69) is 26.2 Å². The minimum absolute atomic E-state index is 0.306. The lowest BCUT2D eigenvalue weighted by Crippen LogP contribution is -2.28. The lowest BCUT2D eigenvalue weighted by molar-refractivity contribution is 0.251. The number of nitrogens with zero attached hydrogens (tertiary/aromatic N) is 4. The minimum atomic E-state index is -0.306. The van der Waals surface area contributed by atoms with Crippen LogP contribution in [0.3, 0.4) is 0 Å². The molecule has 0 bridgehead atoms. The summed E-state index contributed by atoms with van der Waals surface area (Å²) in [4.78, 5) is 12.1. The van der Waals surface area contributed by atoms with Crippen molar-refractivity contribution < 1.29 is 9.53 Å². The minimum Gasteiger partial charge on any atom is -0.496 e. The molecule has 2 aromatic carbocycles. The summed E-state index contributed by atoms with van der Waals surface area (Å²) in [5.74, 6) is 1.36. The Balaban J connectivity index is 1.64. The molecule has 0 fully saturated rings. The van der Waals surface area contributed by atoms with Crippen LogP contribution in [-0.4, -0.2) is 33.3 Å². The average Bonchev–Trinajstić information content (AvgIpc) is 3.06. The van der Waals surface area contributed by atoms with Crippen LogP contribution in [-0.2, 0) is 13.6 Å². The van der Waals surface area contributed by atoms with Crippen LogP contribution in [0.4, 0.5) is 10.5 Å². The van der Waals surface area contributed by atoms with Crippen molar-refractivity contribution in [3.63, 3.8) is 0 Å². The van der Waals surface area contributed by atoms with Gasteiger partial charge in [0.2, 0.25) is 0 Å². The van der Waals surface area contributed by atoms with Crippen LogP contribution in [0.25, 0.3) is 11.4 Å². The number of ether oxygens (including phenoxy) is 1. The highest BCUT2D eigenvalue weighted by Crippen LogP contribution is 2.20. The molecule has 0 radical (unpaired) electrons. The zero-order valence-corrected chi connectivity index (χ0v) is 13.9. The van der Waals surface area contributed by atoms with E-state index >= 15 is 0 Å². The van der Waals surface area contributed by atoms with E-state index in [0.29, 0.717) is 18.1 Å². The second-order valence-electron chi connectivity index (χ2n) is 5.33. The molecule has 0 aliphatic rings. The summed E-state index contributed by atoms with van der Waals surface area (Å²) in [5, 5.41) is 17.0. The van der Waals surface area contributed by atoms with Crippen LogP contribution < -0.4 is 15.4 Å². The van der Waals surface area contributed by atoms with Crippen LogP contribution in [0.5, 0.6) is 5.75 Å². The molecule has 3 aromatic rings. The number of hydrogen-bond acceptors (Lipinski definition) is 5. The molecule has 0 aliphatic heterocycles. The number of carbonyl (C=O) groups excluding carboxylic acids is 1.